The molecular formula is C7H11N2O+. The zero-order chi connectivity index (χ0) is 7.56. The summed E-state index contributed by atoms with van der Waals surface area (Å²) in [6.45, 7) is 0.700. The molecule has 0 aromatic carbocycles. The van der Waals surface area contributed by atoms with Gasteiger partial charge in [0.05, 0.1) is 18.8 Å². The fourth-order valence-corrected chi connectivity index (χ4v) is 0.916. The largest absolute Gasteiger partial charge is 0.366 e. The molecule has 1 unspecified atom stereocenters. The third-order valence-electron chi connectivity index (χ3n) is 1.46. The van der Waals surface area contributed by atoms with Gasteiger partial charge in [0.2, 0.25) is 5.91 Å². The third-order valence-corrected chi connectivity index (χ3v) is 1.46. The topological polar surface area (TPSA) is 47.5 Å². The molecule has 1 aliphatic heterocycles. The van der Waals surface area contributed by atoms with Crippen LogP contribution in [0.5, 0.6) is 0 Å². The summed E-state index contributed by atoms with van der Waals surface area (Å²) in [7, 11) is 1.98. The van der Waals surface area contributed by atoms with Crippen molar-refractivity contribution in [2.75, 3.05) is 13.6 Å². The summed E-state index contributed by atoms with van der Waals surface area (Å²) < 4.78 is 0. The molecule has 0 fully saturated rings. The van der Waals surface area contributed by atoms with Crippen LogP contribution in [0.15, 0.2) is 23.9 Å². The molecule has 3 N–H and O–H groups in total. The van der Waals surface area contributed by atoms with Gasteiger partial charge in [0.1, 0.15) is 6.54 Å². The number of allylic oxidation sites excluding steroid dienone is 2. The van der Waals surface area contributed by atoms with Crippen molar-refractivity contribution in [2.45, 2.75) is 0 Å². The molecule has 3 nitrogen and oxygen atoms in total. The van der Waals surface area contributed by atoms with Gasteiger partial charge in [-0.1, -0.05) is 0 Å². The number of carbonyl (C=O) groups is 1. The summed E-state index contributed by atoms with van der Waals surface area (Å²) in [5.74, 6) is -0.316. The van der Waals surface area contributed by atoms with Crippen LogP contribution in [-0.2, 0) is 4.79 Å². The number of nitrogens with two attached hydrogens (primary N) is 1. The van der Waals surface area contributed by atoms with Gasteiger partial charge < -0.3 is 10.6 Å². The normalized spacial score (nSPS) is 24.1. The van der Waals surface area contributed by atoms with Crippen molar-refractivity contribution in [3.8, 4) is 0 Å². The maximum absolute atomic E-state index is 10.6. The molecule has 1 atom stereocenters. The van der Waals surface area contributed by atoms with Crippen LogP contribution in [0.3, 0.4) is 0 Å². The first-order valence-electron chi connectivity index (χ1n) is 3.19. The smallest absolute Gasteiger partial charge is 0.250 e. The summed E-state index contributed by atoms with van der Waals surface area (Å²) in [4.78, 5) is 11.8. The van der Waals surface area contributed by atoms with Crippen LogP contribution < -0.4 is 10.6 Å². The van der Waals surface area contributed by atoms with Crippen LogP contribution >= 0.6 is 0 Å². The Balaban J connectivity index is 2.71. The van der Waals surface area contributed by atoms with E-state index in [1.165, 1.54) is 4.90 Å². The molecule has 0 saturated carbocycles. The number of nitrogens with one attached hydrogen (secondary N) is 1. The van der Waals surface area contributed by atoms with Gasteiger partial charge in [-0.05, 0) is 12.2 Å². The molecule has 0 aromatic rings. The van der Waals surface area contributed by atoms with E-state index in [0.717, 1.165) is 0 Å². The van der Waals surface area contributed by atoms with Crippen molar-refractivity contribution in [3.05, 3.63) is 23.9 Å². The highest BCUT2D eigenvalue weighted by molar-refractivity contribution is 5.92. The van der Waals surface area contributed by atoms with Gasteiger partial charge in [0.25, 0.3) is 0 Å². The molecule has 54 valence electrons. The zero-order valence-corrected chi connectivity index (χ0v) is 5.92. The molecule has 1 heterocycles. The lowest BCUT2D eigenvalue weighted by Crippen LogP contribution is -3.05. The van der Waals surface area contributed by atoms with E-state index >= 15 is 0 Å². The van der Waals surface area contributed by atoms with Crippen LogP contribution in [0.1, 0.15) is 0 Å². The molecule has 0 radical (unpaired) electrons. The lowest BCUT2D eigenvalue weighted by atomic mass is 10.2. The molecule has 0 aromatic heterocycles. The summed E-state index contributed by atoms with van der Waals surface area (Å²) in [6, 6.07) is 0. The Morgan fingerprint density at radius 2 is 2.50 bits per heavy atom. The highest BCUT2D eigenvalue weighted by atomic mass is 16.1. The SMILES string of the molecule is C[NH+]1C=CC=C(C(N)=O)C1. The van der Waals surface area contributed by atoms with Crippen molar-refractivity contribution in [1.29, 1.82) is 0 Å². The maximum atomic E-state index is 10.6. The number of rotatable bonds is 1. The minimum Gasteiger partial charge on any atom is -0.366 e. The number of primary amides is 1. The van der Waals surface area contributed by atoms with Crippen molar-refractivity contribution in [3.63, 3.8) is 0 Å². The number of hydrogen-bond donors (Lipinski definition) is 2. The number of hydrogen-bond acceptors (Lipinski definition) is 1. The van der Waals surface area contributed by atoms with Gasteiger partial charge in [-0.2, -0.15) is 0 Å². The first-order chi connectivity index (χ1) is 4.70. The van der Waals surface area contributed by atoms with E-state index in [0.29, 0.717) is 12.1 Å². The number of quaternary nitrogens is 1. The fraction of sp³-hybridized carbons (Fsp3) is 0.286. The van der Waals surface area contributed by atoms with Gasteiger partial charge in [0, 0.05) is 0 Å². The Labute approximate surface area is 59.8 Å². The highest BCUT2D eigenvalue weighted by Crippen LogP contribution is 1.92. The van der Waals surface area contributed by atoms with Gasteiger partial charge in [0.15, 0.2) is 0 Å². The average molecular weight is 139 g/mol. The predicted molar refractivity (Wildman–Crippen MR) is 38.2 cm³/mol. The summed E-state index contributed by atoms with van der Waals surface area (Å²) >= 11 is 0. The number of likely N-dealkylation sites (N-methyl/N-ethyl adjacent to an activating group) is 1. The molecule has 1 rings (SSSR count). The van der Waals surface area contributed by atoms with Crippen LogP contribution in [0.4, 0.5) is 0 Å². The standard InChI is InChI=1S/C7H10N2O/c1-9-4-2-3-6(5-9)7(8)10/h2-4H,5H2,1H3,(H2,8,10)/p+1. The molecule has 0 saturated heterocycles. The highest BCUT2D eigenvalue weighted by Gasteiger charge is 2.11. The number of amides is 1. The molecule has 10 heavy (non-hydrogen) atoms. The van der Waals surface area contributed by atoms with Gasteiger partial charge >= 0.3 is 0 Å². The summed E-state index contributed by atoms with van der Waals surface area (Å²) in [6.07, 6.45) is 5.58. The third kappa shape index (κ3) is 1.45. The molecular weight excluding hydrogens is 128 g/mol. The van der Waals surface area contributed by atoms with Crippen LogP contribution in [0, 0.1) is 0 Å². The Morgan fingerprint density at radius 3 is 2.90 bits per heavy atom. The van der Waals surface area contributed by atoms with E-state index in [2.05, 4.69) is 0 Å². The Kier molecular flexibility index (Phi) is 1.87. The second-order valence-electron chi connectivity index (χ2n) is 2.44. The Morgan fingerprint density at radius 1 is 1.80 bits per heavy atom. The van der Waals surface area contributed by atoms with E-state index < -0.39 is 0 Å². The van der Waals surface area contributed by atoms with Gasteiger partial charge in [-0.25, -0.2) is 0 Å². The Hall–Kier alpha value is -1.09. The lowest BCUT2D eigenvalue weighted by Gasteiger charge is -2.11. The monoisotopic (exact) mass is 139 g/mol. The van der Waals surface area contributed by atoms with Crippen LogP contribution in [-0.4, -0.2) is 19.5 Å². The minimum absolute atomic E-state index is 0.316. The van der Waals surface area contributed by atoms with E-state index in [-0.39, 0.29) is 5.91 Å². The van der Waals surface area contributed by atoms with Crippen LogP contribution in [0.25, 0.3) is 0 Å². The second kappa shape index (κ2) is 2.66. The van der Waals surface area contributed by atoms with E-state index in [1.807, 2.05) is 19.3 Å². The molecule has 3 heteroatoms. The average Bonchev–Trinajstić information content (AvgIpc) is 1.88. The fourth-order valence-electron chi connectivity index (χ4n) is 0.916. The zero-order valence-electron chi connectivity index (χ0n) is 5.92. The second-order valence-corrected chi connectivity index (χ2v) is 2.44. The lowest BCUT2D eigenvalue weighted by molar-refractivity contribution is -0.819. The molecule has 0 aliphatic carbocycles. The molecule has 1 amide bonds. The number of carbonyl (C=O) groups excluding carboxylic acids is 1. The quantitative estimate of drug-likeness (QED) is 0.453. The molecule has 0 bridgehead atoms. The van der Waals surface area contributed by atoms with Crippen molar-refractivity contribution >= 4 is 5.91 Å². The van der Waals surface area contributed by atoms with E-state index in [4.69, 9.17) is 5.73 Å². The van der Waals surface area contributed by atoms with Crippen molar-refractivity contribution in [2.24, 2.45) is 5.73 Å². The minimum atomic E-state index is -0.316. The van der Waals surface area contributed by atoms with Gasteiger partial charge in [-0.15, -0.1) is 0 Å². The first kappa shape index (κ1) is 7.02. The first-order valence-corrected chi connectivity index (χ1v) is 3.19. The Bertz CT molecular complexity index is 206. The predicted octanol–water partition coefficient (Wildman–Crippen LogP) is -1.56. The van der Waals surface area contributed by atoms with E-state index in [1.54, 1.807) is 6.08 Å². The van der Waals surface area contributed by atoms with Crippen molar-refractivity contribution < 1.29 is 9.69 Å². The van der Waals surface area contributed by atoms with E-state index in [9.17, 15) is 4.79 Å². The van der Waals surface area contributed by atoms with Crippen LogP contribution in [0.2, 0.25) is 0 Å². The van der Waals surface area contributed by atoms with Crippen molar-refractivity contribution in [1.82, 2.24) is 0 Å². The molecule has 1 aliphatic rings. The molecule has 0 spiro atoms. The summed E-state index contributed by atoms with van der Waals surface area (Å²) in [5.41, 5.74) is 5.77. The maximum Gasteiger partial charge on any atom is 0.250 e. The summed E-state index contributed by atoms with van der Waals surface area (Å²) in [5, 5.41) is 0. The van der Waals surface area contributed by atoms with Gasteiger partial charge in [-0.3, -0.25) is 4.79 Å².